The van der Waals surface area contributed by atoms with Gasteiger partial charge in [0.25, 0.3) is 0 Å². The molecule has 0 aliphatic rings. The van der Waals surface area contributed by atoms with Crippen LogP contribution in [-0.4, -0.2) is 13.2 Å². The second-order valence-electron chi connectivity index (χ2n) is 4.81. The second kappa shape index (κ2) is 8.54. The molecule has 1 rings (SSSR count). The van der Waals surface area contributed by atoms with Gasteiger partial charge in [0, 0.05) is 6.54 Å². The van der Waals surface area contributed by atoms with Gasteiger partial charge in [-0.3, -0.25) is 0 Å². The van der Waals surface area contributed by atoms with Crippen LogP contribution in [0.2, 0.25) is 0 Å². The van der Waals surface area contributed by atoms with Gasteiger partial charge in [-0.1, -0.05) is 26.0 Å². The predicted octanol–water partition coefficient (Wildman–Crippen LogP) is 3.11. The summed E-state index contributed by atoms with van der Waals surface area (Å²) in [6, 6.07) is 9.84. The molecule has 0 aromatic heterocycles. The zero-order chi connectivity index (χ0) is 13.2. The molecule has 1 aromatic carbocycles. The van der Waals surface area contributed by atoms with E-state index in [0.29, 0.717) is 0 Å². The minimum absolute atomic E-state index is 0.102. The van der Waals surface area contributed by atoms with Gasteiger partial charge in [-0.2, -0.15) is 5.26 Å². The topological polar surface area (TPSA) is 45.0 Å². The third-order valence-electron chi connectivity index (χ3n) is 2.67. The van der Waals surface area contributed by atoms with Gasteiger partial charge < -0.3 is 10.1 Å². The Morgan fingerprint density at radius 2 is 2.22 bits per heavy atom. The highest BCUT2D eigenvalue weighted by atomic mass is 16.5. The molecule has 1 N–H and O–H groups in total. The van der Waals surface area contributed by atoms with Crippen LogP contribution in [0.1, 0.15) is 32.3 Å². The predicted molar refractivity (Wildman–Crippen MR) is 73.3 cm³/mol. The zero-order valence-electron chi connectivity index (χ0n) is 11.3. The number of nitrogens with zero attached hydrogens (tertiary/aromatic N) is 1. The Morgan fingerprint density at radius 3 is 2.94 bits per heavy atom. The fraction of sp³-hybridized carbons (Fsp3) is 0.533. The van der Waals surface area contributed by atoms with Crippen molar-refractivity contribution in [2.75, 3.05) is 13.2 Å². The van der Waals surface area contributed by atoms with Crippen molar-refractivity contribution >= 4 is 0 Å². The first-order valence-electron chi connectivity index (χ1n) is 6.51. The lowest BCUT2D eigenvalue weighted by Crippen LogP contribution is -2.15. The van der Waals surface area contributed by atoms with Gasteiger partial charge in [-0.25, -0.2) is 0 Å². The molecule has 0 unspecified atom stereocenters. The van der Waals surface area contributed by atoms with E-state index in [-0.39, 0.29) is 6.61 Å². The Morgan fingerprint density at radius 1 is 1.39 bits per heavy atom. The third kappa shape index (κ3) is 6.27. The first-order chi connectivity index (χ1) is 8.72. The second-order valence-corrected chi connectivity index (χ2v) is 4.81. The molecule has 0 saturated carbocycles. The Labute approximate surface area is 110 Å². The summed E-state index contributed by atoms with van der Waals surface area (Å²) >= 11 is 0. The summed E-state index contributed by atoms with van der Waals surface area (Å²) in [6.45, 7) is 6.49. The molecular weight excluding hydrogens is 224 g/mol. The Kier molecular flexibility index (Phi) is 6.90. The van der Waals surface area contributed by atoms with Crippen molar-refractivity contribution in [1.82, 2.24) is 5.32 Å². The molecular formula is C15H22N2O. The summed E-state index contributed by atoms with van der Waals surface area (Å²) in [5.41, 5.74) is 1.19. The van der Waals surface area contributed by atoms with Crippen molar-refractivity contribution in [2.24, 2.45) is 5.92 Å². The lowest BCUT2D eigenvalue weighted by Gasteiger charge is -2.08. The van der Waals surface area contributed by atoms with Crippen LogP contribution in [0.25, 0.3) is 0 Å². The van der Waals surface area contributed by atoms with Gasteiger partial charge in [0.1, 0.15) is 11.8 Å². The average molecular weight is 246 g/mol. The summed E-state index contributed by atoms with van der Waals surface area (Å²) in [5.74, 6) is 1.53. The molecule has 0 saturated heterocycles. The third-order valence-corrected chi connectivity index (χ3v) is 2.67. The van der Waals surface area contributed by atoms with E-state index in [4.69, 9.17) is 10.00 Å². The lowest BCUT2D eigenvalue weighted by molar-refractivity contribution is 0.367. The first kappa shape index (κ1) is 14.5. The fourth-order valence-corrected chi connectivity index (χ4v) is 1.73. The van der Waals surface area contributed by atoms with Gasteiger partial charge in [0.05, 0.1) is 0 Å². The van der Waals surface area contributed by atoms with Gasteiger partial charge in [0.15, 0.2) is 6.61 Å². The summed E-state index contributed by atoms with van der Waals surface area (Å²) in [4.78, 5) is 0. The van der Waals surface area contributed by atoms with Crippen LogP contribution < -0.4 is 10.1 Å². The highest BCUT2D eigenvalue weighted by molar-refractivity contribution is 5.28. The van der Waals surface area contributed by atoms with Gasteiger partial charge in [-0.15, -0.1) is 0 Å². The van der Waals surface area contributed by atoms with E-state index in [9.17, 15) is 0 Å². The maximum atomic E-state index is 8.45. The van der Waals surface area contributed by atoms with Crippen LogP contribution in [0.4, 0.5) is 0 Å². The van der Waals surface area contributed by atoms with Crippen molar-refractivity contribution in [3.63, 3.8) is 0 Å². The maximum Gasteiger partial charge on any atom is 0.174 e. The molecule has 98 valence electrons. The van der Waals surface area contributed by atoms with Gasteiger partial charge in [0.2, 0.25) is 0 Å². The van der Waals surface area contributed by atoms with E-state index in [1.54, 1.807) is 0 Å². The monoisotopic (exact) mass is 246 g/mol. The Hall–Kier alpha value is -1.53. The maximum absolute atomic E-state index is 8.45. The van der Waals surface area contributed by atoms with Crippen molar-refractivity contribution in [3.05, 3.63) is 29.8 Å². The molecule has 0 atom stereocenters. The van der Waals surface area contributed by atoms with Crippen LogP contribution in [0.5, 0.6) is 5.75 Å². The molecule has 0 fully saturated rings. The fourth-order valence-electron chi connectivity index (χ4n) is 1.73. The van der Waals surface area contributed by atoms with Crippen molar-refractivity contribution in [1.29, 1.82) is 5.26 Å². The van der Waals surface area contributed by atoms with Crippen LogP contribution in [0.15, 0.2) is 24.3 Å². The number of hydrogen-bond acceptors (Lipinski definition) is 3. The van der Waals surface area contributed by atoms with Crippen molar-refractivity contribution in [2.45, 2.75) is 33.2 Å². The Bertz CT molecular complexity index is 382. The van der Waals surface area contributed by atoms with Crippen molar-refractivity contribution < 1.29 is 4.74 Å². The van der Waals surface area contributed by atoms with Crippen LogP contribution >= 0.6 is 0 Å². The SMILES string of the molecule is CC(C)CCCNCc1cccc(OCC#N)c1. The molecule has 0 spiro atoms. The summed E-state index contributed by atoms with van der Waals surface area (Å²) < 4.78 is 5.27. The number of hydrogen-bond donors (Lipinski definition) is 1. The number of ether oxygens (including phenoxy) is 1. The quantitative estimate of drug-likeness (QED) is 0.717. The molecule has 0 aliphatic carbocycles. The number of nitrogens with one attached hydrogen (secondary N) is 1. The molecule has 18 heavy (non-hydrogen) atoms. The van der Waals surface area contributed by atoms with E-state index in [2.05, 4.69) is 25.2 Å². The molecule has 0 radical (unpaired) electrons. The van der Waals surface area contributed by atoms with E-state index >= 15 is 0 Å². The van der Waals surface area contributed by atoms with Gasteiger partial charge >= 0.3 is 0 Å². The van der Waals surface area contributed by atoms with Crippen LogP contribution in [0.3, 0.4) is 0 Å². The summed E-state index contributed by atoms with van der Waals surface area (Å²) in [5, 5.41) is 11.9. The smallest absolute Gasteiger partial charge is 0.174 e. The molecule has 0 heterocycles. The van der Waals surface area contributed by atoms with Gasteiger partial charge in [-0.05, 0) is 43.0 Å². The summed E-state index contributed by atoms with van der Waals surface area (Å²) in [7, 11) is 0. The van der Waals surface area contributed by atoms with E-state index in [0.717, 1.165) is 24.8 Å². The van der Waals surface area contributed by atoms with Crippen LogP contribution in [-0.2, 0) is 6.54 Å². The van der Waals surface area contributed by atoms with Crippen molar-refractivity contribution in [3.8, 4) is 11.8 Å². The lowest BCUT2D eigenvalue weighted by atomic mass is 10.1. The van der Waals surface area contributed by atoms with E-state index in [1.807, 2.05) is 24.3 Å². The first-order valence-corrected chi connectivity index (χ1v) is 6.51. The standard InChI is InChI=1S/C15H22N2O/c1-13(2)5-4-9-17-12-14-6-3-7-15(11-14)18-10-8-16/h3,6-7,11,13,17H,4-5,9-10,12H2,1-2H3. The largest absolute Gasteiger partial charge is 0.479 e. The van der Waals surface area contributed by atoms with E-state index in [1.165, 1.54) is 18.4 Å². The minimum atomic E-state index is 0.102. The summed E-state index contributed by atoms with van der Waals surface area (Å²) in [6.07, 6.45) is 2.47. The molecule has 3 nitrogen and oxygen atoms in total. The molecule has 0 amide bonds. The average Bonchev–Trinajstić information content (AvgIpc) is 2.36. The number of nitriles is 1. The normalized spacial score (nSPS) is 10.3. The number of benzene rings is 1. The van der Waals surface area contributed by atoms with Crippen LogP contribution in [0, 0.1) is 17.2 Å². The number of rotatable bonds is 8. The molecule has 3 heteroatoms. The highest BCUT2D eigenvalue weighted by Crippen LogP contribution is 2.13. The minimum Gasteiger partial charge on any atom is -0.479 e. The molecule has 0 bridgehead atoms. The Balaban J connectivity index is 2.27. The highest BCUT2D eigenvalue weighted by Gasteiger charge is 1.97. The van der Waals surface area contributed by atoms with E-state index < -0.39 is 0 Å². The molecule has 1 aromatic rings. The zero-order valence-corrected chi connectivity index (χ0v) is 11.3. The molecule has 0 aliphatic heterocycles.